The van der Waals surface area contributed by atoms with Gasteiger partial charge in [-0.25, -0.2) is 4.98 Å². The smallest absolute Gasteiger partial charge is 0.258 e. The number of para-hydroxylation sites is 1. The molecule has 2 heterocycles. The molecule has 0 fully saturated rings. The lowest BCUT2D eigenvalue weighted by Gasteiger charge is -2.20. The number of hydrogen-bond acceptors (Lipinski definition) is 4. The largest absolute Gasteiger partial charge is 0.331 e. The molecule has 116 valence electrons. The Kier molecular flexibility index (Phi) is 4.14. The molecule has 0 aliphatic carbocycles. The maximum atomic E-state index is 12.5. The Bertz CT molecular complexity index is 890. The summed E-state index contributed by atoms with van der Waals surface area (Å²) in [4.78, 5) is 37.3. The van der Waals surface area contributed by atoms with E-state index in [-0.39, 0.29) is 18.0 Å². The van der Waals surface area contributed by atoms with Crippen molar-refractivity contribution in [2.45, 2.75) is 13.5 Å². The lowest BCUT2D eigenvalue weighted by atomic mass is 10.2. The van der Waals surface area contributed by atoms with Gasteiger partial charge in [0.05, 0.1) is 17.4 Å². The van der Waals surface area contributed by atoms with Crippen LogP contribution in [0.15, 0.2) is 53.6 Å². The Morgan fingerprint density at radius 3 is 2.65 bits per heavy atom. The zero-order valence-corrected chi connectivity index (χ0v) is 12.7. The van der Waals surface area contributed by atoms with Gasteiger partial charge in [0.25, 0.3) is 11.5 Å². The lowest BCUT2D eigenvalue weighted by Crippen LogP contribution is -2.32. The third kappa shape index (κ3) is 3.11. The number of nitrogens with zero attached hydrogens (tertiary/aromatic N) is 3. The van der Waals surface area contributed by atoms with Crippen LogP contribution in [-0.4, -0.2) is 32.3 Å². The minimum absolute atomic E-state index is 0.120. The average Bonchev–Trinajstić information content (AvgIpc) is 2.60. The van der Waals surface area contributed by atoms with Crippen molar-refractivity contribution < 1.29 is 4.79 Å². The van der Waals surface area contributed by atoms with Crippen LogP contribution in [0, 0.1) is 0 Å². The highest BCUT2D eigenvalue weighted by Gasteiger charge is 2.16. The molecule has 0 radical (unpaired) electrons. The molecule has 1 amide bonds. The van der Waals surface area contributed by atoms with Crippen molar-refractivity contribution in [3.8, 4) is 0 Å². The van der Waals surface area contributed by atoms with Crippen LogP contribution in [-0.2, 0) is 6.54 Å². The summed E-state index contributed by atoms with van der Waals surface area (Å²) < 4.78 is 0. The summed E-state index contributed by atoms with van der Waals surface area (Å²) >= 11 is 0. The molecule has 0 aliphatic heterocycles. The third-order valence-electron chi connectivity index (χ3n) is 3.60. The normalized spacial score (nSPS) is 10.7. The number of H-pyrrole nitrogens is 1. The zero-order valence-electron chi connectivity index (χ0n) is 12.7. The van der Waals surface area contributed by atoms with Crippen LogP contribution in [0.3, 0.4) is 0 Å². The molecule has 0 bridgehead atoms. The lowest BCUT2D eigenvalue weighted by molar-refractivity contribution is 0.0748. The minimum atomic E-state index is -0.196. The van der Waals surface area contributed by atoms with Gasteiger partial charge in [0, 0.05) is 24.5 Å². The molecule has 6 nitrogen and oxygen atoms in total. The molecule has 0 aliphatic rings. The van der Waals surface area contributed by atoms with Crippen LogP contribution in [0.25, 0.3) is 10.9 Å². The number of nitrogens with one attached hydrogen (secondary N) is 1. The first-order chi connectivity index (χ1) is 11.2. The van der Waals surface area contributed by atoms with E-state index in [1.54, 1.807) is 47.6 Å². The number of amides is 1. The number of carbonyl (C=O) groups is 1. The topological polar surface area (TPSA) is 79.0 Å². The Morgan fingerprint density at radius 2 is 1.91 bits per heavy atom. The molecule has 6 heteroatoms. The molecular formula is C17H16N4O2. The number of aromatic amines is 1. The first-order valence-corrected chi connectivity index (χ1v) is 7.36. The standard InChI is InChI=1S/C17H16N4O2/c1-2-21(17(23)12-7-9-18-10-8-12)11-15-19-14-6-4-3-5-13(14)16(22)20-15/h3-10H,2,11H2,1H3,(H,19,20,22). The Balaban J connectivity index is 1.90. The number of hydrogen-bond donors (Lipinski definition) is 1. The number of pyridine rings is 1. The molecule has 23 heavy (non-hydrogen) atoms. The van der Waals surface area contributed by atoms with E-state index in [0.717, 1.165) is 0 Å². The monoisotopic (exact) mass is 308 g/mol. The van der Waals surface area contributed by atoms with Crippen molar-refractivity contribution in [2.24, 2.45) is 0 Å². The summed E-state index contributed by atoms with van der Waals surface area (Å²) in [5.41, 5.74) is 0.988. The molecule has 0 saturated carbocycles. The predicted molar refractivity (Wildman–Crippen MR) is 87.0 cm³/mol. The van der Waals surface area contributed by atoms with Crippen molar-refractivity contribution in [3.05, 3.63) is 70.5 Å². The number of aromatic nitrogens is 3. The highest BCUT2D eigenvalue weighted by molar-refractivity contribution is 5.94. The van der Waals surface area contributed by atoms with Crippen LogP contribution >= 0.6 is 0 Å². The summed E-state index contributed by atoms with van der Waals surface area (Å²) in [6, 6.07) is 10.5. The van der Waals surface area contributed by atoms with Gasteiger partial charge in [0.15, 0.2) is 0 Å². The fourth-order valence-electron chi connectivity index (χ4n) is 2.39. The van der Waals surface area contributed by atoms with E-state index >= 15 is 0 Å². The first kappa shape index (κ1) is 14.9. The predicted octanol–water partition coefficient (Wildman–Crippen LogP) is 1.98. The fourth-order valence-corrected chi connectivity index (χ4v) is 2.39. The van der Waals surface area contributed by atoms with E-state index in [9.17, 15) is 9.59 Å². The summed E-state index contributed by atoms with van der Waals surface area (Å²) in [5, 5.41) is 0.541. The molecule has 0 saturated heterocycles. The van der Waals surface area contributed by atoms with E-state index in [2.05, 4.69) is 15.0 Å². The summed E-state index contributed by atoms with van der Waals surface area (Å²) in [7, 11) is 0. The van der Waals surface area contributed by atoms with Gasteiger partial charge in [-0.05, 0) is 31.2 Å². The summed E-state index contributed by atoms with van der Waals surface area (Å²) in [6.45, 7) is 2.65. The molecule has 0 unspecified atom stereocenters. The fraction of sp³-hybridized carbons (Fsp3) is 0.176. The first-order valence-electron chi connectivity index (χ1n) is 7.36. The average molecular weight is 308 g/mol. The maximum Gasteiger partial charge on any atom is 0.258 e. The quantitative estimate of drug-likeness (QED) is 0.799. The maximum absolute atomic E-state index is 12.5. The third-order valence-corrected chi connectivity index (χ3v) is 3.60. The molecule has 1 aromatic carbocycles. The van der Waals surface area contributed by atoms with Crippen molar-refractivity contribution >= 4 is 16.8 Å². The van der Waals surface area contributed by atoms with E-state index in [4.69, 9.17) is 0 Å². The van der Waals surface area contributed by atoms with Crippen molar-refractivity contribution in [1.82, 2.24) is 19.9 Å². The Morgan fingerprint density at radius 1 is 1.17 bits per heavy atom. The minimum Gasteiger partial charge on any atom is -0.331 e. The summed E-state index contributed by atoms with van der Waals surface area (Å²) in [5.74, 6) is 0.351. The summed E-state index contributed by atoms with van der Waals surface area (Å²) in [6.07, 6.45) is 3.16. The second kappa shape index (κ2) is 6.39. The van der Waals surface area contributed by atoms with E-state index < -0.39 is 0 Å². The van der Waals surface area contributed by atoms with Gasteiger partial charge in [0.2, 0.25) is 0 Å². The molecule has 3 rings (SSSR count). The number of fused-ring (bicyclic) bond motifs is 1. The molecule has 0 spiro atoms. The number of rotatable bonds is 4. The van der Waals surface area contributed by atoms with Crippen molar-refractivity contribution in [2.75, 3.05) is 6.54 Å². The van der Waals surface area contributed by atoms with Gasteiger partial charge in [-0.2, -0.15) is 0 Å². The number of benzene rings is 1. The number of carbonyl (C=O) groups excluding carboxylic acids is 1. The van der Waals surface area contributed by atoms with Gasteiger partial charge < -0.3 is 9.88 Å². The van der Waals surface area contributed by atoms with Crippen LogP contribution in [0.4, 0.5) is 0 Å². The van der Waals surface area contributed by atoms with E-state index in [1.807, 2.05) is 13.0 Å². The highest BCUT2D eigenvalue weighted by Crippen LogP contribution is 2.09. The second-order valence-corrected chi connectivity index (χ2v) is 5.08. The van der Waals surface area contributed by atoms with Crippen molar-refractivity contribution in [1.29, 1.82) is 0 Å². The molecule has 1 N–H and O–H groups in total. The molecular weight excluding hydrogens is 292 g/mol. The van der Waals surface area contributed by atoms with Crippen LogP contribution in [0.1, 0.15) is 23.1 Å². The van der Waals surface area contributed by atoms with Crippen LogP contribution < -0.4 is 5.56 Å². The zero-order chi connectivity index (χ0) is 16.2. The molecule has 3 aromatic rings. The van der Waals surface area contributed by atoms with Gasteiger partial charge in [-0.3, -0.25) is 14.6 Å². The van der Waals surface area contributed by atoms with E-state index in [1.165, 1.54) is 0 Å². The van der Waals surface area contributed by atoms with E-state index in [0.29, 0.717) is 28.8 Å². The van der Waals surface area contributed by atoms with Gasteiger partial charge in [-0.15, -0.1) is 0 Å². The molecule has 2 aromatic heterocycles. The molecule has 0 atom stereocenters. The van der Waals surface area contributed by atoms with Gasteiger partial charge in [-0.1, -0.05) is 12.1 Å². The van der Waals surface area contributed by atoms with Crippen LogP contribution in [0.2, 0.25) is 0 Å². The Labute approximate surface area is 132 Å². The van der Waals surface area contributed by atoms with Gasteiger partial charge in [0.1, 0.15) is 5.82 Å². The van der Waals surface area contributed by atoms with Crippen molar-refractivity contribution in [3.63, 3.8) is 0 Å². The van der Waals surface area contributed by atoms with Gasteiger partial charge >= 0.3 is 0 Å². The Hall–Kier alpha value is -3.02. The SMILES string of the molecule is CCN(Cc1nc2ccccc2c(=O)[nH]1)C(=O)c1ccncc1. The highest BCUT2D eigenvalue weighted by atomic mass is 16.2. The van der Waals surface area contributed by atoms with Crippen LogP contribution in [0.5, 0.6) is 0 Å². The second-order valence-electron chi connectivity index (χ2n) is 5.08.